The smallest absolute Gasteiger partial charge is 0.312 e. The fourth-order valence-corrected chi connectivity index (χ4v) is 4.60. The maximum absolute atomic E-state index is 13.1. The van der Waals surface area contributed by atoms with E-state index in [0.29, 0.717) is 19.3 Å². The summed E-state index contributed by atoms with van der Waals surface area (Å²) in [7, 11) is 1.68. The van der Waals surface area contributed by atoms with Crippen molar-refractivity contribution in [3.63, 3.8) is 0 Å². The molecule has 156 valence electrons. The number of methoxy groups -OCH3 is 1. The average molecular weight is 393 g/mol. The number of halogens is 1. The molecule has 3 rings (SSSR count). The third kappa shape index (κ3) is 4.84. The first-order valence-electron chi connectivity index (χ1n) is 10.5. The largest absolute Gasteiger partial charge is 0.466 e. The van der Waals surface area contributed by atoms with Crippen molar-refractivity contribution in [2.45, 2.75) is 45.1 Å². The van der Waals surface area contributed by atoms with Crippen LogP contribution in [-0.2, 0) is 14.3 Å². The van der Waals surface area contributed by atoms with Crippen molar-refractivity contribution in [2.24, 2.45) is 5.41 Å². The second-order valence-electron chi connectivity index (χ2n) is 7.97. The van der Waals surface area contributed by atoms with Crippen molar-refractivity contribution in [3.8, 4) is 0 Å². The lowest BCUT2D eigenvalue weighted by Crippen LogP contribution is -2.52. The van der Waals surface area contributed by atoms with Gasteiger partial charge in [-0.2, -0.15) is 0 Å². The average Bonchev–Trinajstić information content (AvgIpc) is 2.73. The summed E-state index contributed by atoms with van der Waals surface area (Å²) in [5.41, 5.74) is 0.705. The number of carbonyl (C=O) groups excluding carboxylic acids is 1. The summed E-state index contributed by atoms with van der Waals surface area (Å²) in [6, 6.07) is 7.33. The summed E-state index contributed by atoms with van der Waals surface area (Å²) in [4.78, 5) is 17.5. The van der Waals surface area contributed by atoms with Crippen LogP contribution in [0.15, 0.2) is 24.3 Å². The van der Waals surface area contributed by atoms with Gasteiger partial charge in [-0.25, -0.2) is 4.39 Å². The molecule has 2 aliphatic rings. The number of carbonyl (C=O) groups is 1. The molecule has 0 aromatic heterocycles. The molecule has 0 spiro atoms. The van der Waals surface area contributed by atoms with Crippen LogP contribution in [0.25, 0.3) is 0 Å². The molecule has 0 atom stereocenters. The summed E-state index contributed by atoms with van der Waals surface area (Å²) in [5.74, 6) is -0.247. The molecular weight excluding hydrogens is 359 g/mol. The van der Waals surface area contributed by atoms with Gasteiger partial charge in [0.15, 0.2) is 0 Å². The minimum atomic E-state index is -0.392. The quantitative estimate of drug-likeness (QED) is 0.665. The highest BCUT2D eigenvalue weighted by molar-refractivity contribution is 5.77. The Labute approximate surface area is 167 Å². The van der Waals surface area contributed by atoms with Crippen LogP contribution in [0.2, 0.25) is 0 Å². The van der Waals surface area contributed by atoms with Crippen molar-refractivity contribution in [2.75, 3.05) is 51.4 Å². The number of benzene rings is 1. The number of hydrogen-bond acceptors (Lipinski definition) is 5. The molecule has 0 amide bonds. The first kappa shape index (κ1) is 21.1. The molecule has 1 aromatic rings. The van der Waals surface area contributed by atoms with E-state index in [4.69, 9.17) is 9.47 Å². The van der Waals surface area contributed by atoms with E-state index in [2.05, 4.69) is 9.80 Å². The number of anilines is 1. The minimum Gasteiger partial charge on any atom is -0.466 e. The third-order valence-corrected chi connectivity index (χ3v) is 6.42. The number of rotatable bonds is 7. The van der Waals surface area contributed by atoms with Crippen molar-refractivity contribution in [3.05, 3.63) is 30.1 Å². The van der Waals surface area contributed by atoms with E-state index in [-0.39, 0.29) is 11.8 Å². The highest BCUT2D eigenvalue weighted by Crippen LogP contribution is 2.38. The summed E-state index contributed by atoms with van der Waals surface area (Å²) >= 11 is 0. The van der Waals surface area contributed by atoms with Crippen LogP contribution in [0.3, 0.4) is 0 Å². The van der Waals surface area contributed by atoms with E-state index in [1.807, 2.05) is 19.1 Å². The molecule has 0 saturated carbocycles. The fourth-order valence-electron chi connectivity index (χ4n) is 4.60. The van der Waals surface area contributed by atoms with E-state index in [9.17, 15) is 9.18 Å². The summed E-state index contributed by atoms with van der Waals surface area (Å²) in [6.45, 7) is 6.73. The van der Waals surface area contributed by atoms with Gasteiger partial charge in [-0.15, -0.1) is 0 Å². The van der Waals surface area contributed by atoms with Gasteiger partial charge in [0.2, 0.25) is 0 Å². The molecule has 0 N–H and O–H groups in total. The topological polar surface area (TPSA) is 42.0 Å². The van der Waals surface area contributed by atoms with Gasteiger partial charge in [0.25, 0.3) is 0 Å². The number of nitrogens with zero attached hydrogens (tertiary/aromatic N) is 2. The summed E-state index contributed by atoms with van der Waals surface area (Å²) < 4.78 is 23.8. The lowest BCUT2D eigenvalue weighted by Gasteiger charge is -2.45. The molecule has 2 aliphatic heterocycles. The highest BCUT2D eigenvalue weighted by Gasteiger charge is 2.43. The van der Waals surface area contributed by atoms with E-state index in [1.165, 1.54) is 12.1 Å². The molecule has 2 fully saturated rings. The molecule has 0 aliphatic carbocycles. The van der Waals surface area contributed by atoms with Crippen LogP contribution < -0.4 is 4.90 Å². The molecule has 0 bridgehead atoms. The summed E-state index contributed by atoms with van der Waals surface area (Å²) in [5, 5.41) is 0. The van der Waals surface area contributed by atoms with Gasteiger partial charge in [0.1, 0.15) is 5.82 Å². The first-order chi connectivity index (χ1) is 13.6. The van der Waals surface area contributed by atoms with Crippen LogP contribution in [-0.4, -0.2) is 63.4 Å². The minimum absolute atomic E-state index is 0.0576. The Kier molecular flexibility index (Phi) is 7.30. The van der Waals surface area contributed by atoms with Gasteiger partial charge in [-0.1, -0.05) is 0 Å². The molecule has 0 unspecified atom stereocenters. The van der Waals surface area contributed by atoms with Gasteiger partial charge < -0.3 is 19.3 Å². The fraction of sp³-hybridized carbons (Fsp3) is 0.682. The molecule has 0 radical (unpaired) electrons. The Morgan fingerprint density at radius 2 is 1.79 bits per heavy atom. The lowest BCUT2D eigenvalue weighted by atomic mass is 9.75. The van der Waals surface area contributed by atoms with Crippen LogP contribution >= 0.6 is 0 Å². The van der Waals surface area contributed by atoms with Crippen molar-refractivity contribution >= 4 is 11.7 Å². The van der Waals surface area contributed by atoms with E-state index in [0.717, 1.165) is 64.0 Å². The van der Waals surface area contributed by atoms with Crippen LogP contribution in [0, 0.1) is 11.2 Å². The van der Waals surface area contributed by atoms with Crippen molar-refractivity contribution in [1.29, 1.82) is 0 Å². The van der Waals surface area contributed by atoms with E-state index in [1.54, 1.807) is 7.11 Å². The maximum atomic E-state index is 13.1. The maximum Gasteiger partial charge on any atom is 0.312 e. The zero-order valence-corrected chi connectivity index (χ0v) is 17.2. The Bertz CT molecular complexity index is 621. The van der Waals surface area contributed by atoms with Gasteiger partial charge in [-0.05, 0) is 76.4 Å². The van der Waals surface area contributed by atoms with E-state index >= 15 is 0 Å². The first-order valence-corrected chi connectivity index (χ1v) is 10.5. The van der Waals surface area contributed by atoms with Crippen molar-refractivity contribution < 1.29 is 18.7 Å². The number of piperidine rings is 2. The third-order valence-electron chi connectivity index (χ3n) is 6.42. The zero-order chi connectivity index (χ0) is 20.0. The molecule has 28 heavy (non-hydrogen) atoms. The van der Waals surface area contributed by atoms with Crippen LogP contribution in [0.1, 0.15) is 39.0 Å². The molecule has 6 heteroatoms. The summed E-state index contributed by atoms with van der Waals surface area (Å²) in [6.07, 6.45) is 4.61. The van der Waals surface area contributed by atoms with Crippen LogP contribution in [0.4, 0.5) is 10.1 Å². The number of likely N-dealkylation sites (tertiary alicyclic amines) is 1. The van der Waals surface area contributed by atoms with E-state index < -0.39 is 5.41 Å². The number of ether oxygens (including phenoxy) is 2. The molecule has 1 aromatic carbocycles. The normalized spacial score (nSPS) is 20.9. The standard InChI is InChI=1S/C22H33FN2O3/c1-3-28-21(26)22(12-17-27-2)10-15-25(16-11-22)20-8-13-24(14-9-20)19-6-4-18(23)5-7-19/h4-7,20H,3,8-17H2,1-2H3. The highest BCUT2D eigenvalue weighted by atomic mass is 19.1. The van der Waals surface area contributed by atoms with Gasteiger partial charge in [-0.3, -0.25) is 4.79 Å². The molecular formula is C22H33FN2O3. The Morgan fingerprint density at radius 1 is 1.14 bits per heavy atom. The van der Waals surface area contributed by atoms with Crippen molar-refractivity contribution in [1.82, 2.24) is 4.90 Å². The van der Waals surface area contributed by atoms with Gasteiger partial charge >= 0.3 is 5.97 Å². The monoisotopic (exact) mass is 392 g/mol. The Balaban J connectivity index is 1.53. The lowest BCUT2D eigenvalue weighted by molar-refractivity contribution is -0.160. The Morgan fingerprint density at radius 3 is 2.36 bits per heavy atom. The number of hydrogen-bond donors (Lipinski definition) is 0. The number of esters is 1. The Hall–Kier alpha value is -1.66. The SMILES string of the molecule is CCOC(=O)C1(CCOC)CCN(C2CCN(c3ccc(F)cc3)CC2)CC1. The molecule has 2 heterocycles. The van der Waals surface area contributed by atoms with Gasteiger partial charge in [0, 0.05) is 38.5 Å². The van der Waals surface area contributed by atoms with Crippen LogP contribution in [0.5, 0.6) is 0 Å². The molecule has 2 saturated heterocycles. The zero-order valence-electron chi connectivity index (χ0n) is 17.2. The second-order valence-corrected chi connectivity index (χ2v) is 7.97. The predicted octanol–water partition coefficient (Wildman–Crippen LogP) is 3.48. The van der Waals surface area contributed by atoms with Gasteiger partial charge in [0.05, 0.1) is 12.0 Å². The predicted molar refractivity (Wildman–Crippen MR) is 108 cm³/mol. The molecule has 5 nitrogen and oxygen atoms in total. The second kappa shape index (κ2) is 9.70.